The third-order valence-electron chi connectivity index (χ3n) is 5.91. The highest BCUT2D eigenvalue weighted by atomic mass is 16.5. The van der Waals surface area contributed by atoms with Crippen LogP contribution in [0.15, 0.2) is 0 Å². The molecule has 0 bridgehead atoms. The van der Waals surface area contributed by atoms with Crippen molar-refractivity contribution in [2.45, 2.75) is 93.0 Å². The van der Waals surface area contributed by atoms with Crippen LogP contribution >= 0.6 is 0 Å². The number of ketones is 2. The van der Waals surface area contributed by atoms with E-state index in [2.05, 4.69) is 10.6 Å². The summed E-state index contributed by atoms with van der Waals surface area (Å²) < 4.78 is 5.34. The van der Waals surface area contributed by atoms with E-state index in [1.807, 2.05) is 48.5 Å². The summed E-state index contributed by atoms with van der Waals surface area (Å²) in [6, 6.07) is -0.777. The Kier molecular flexibility index (Phi) is 11.9. The number of ether oxygens (including phenoxy) is 1. The Morgan fingerprint density at radius 1 is 1.09 bits per heavy atom. The van der Waals surface area contributed by atoms with Gasteiger partial charge in [-0.25, -0.2) is 0 Å². The molecule has 3 atom stereocenters. The van der Waals surface area contributed by atoms with Gasteiger partial charge in [0.15, 0.2) is 5.78 Å². The van der Waals surface area contributed by atoms with Crippen LogP contribution in [0, 0.1) is 29.1 Å². The van der Waals surface area contributed by atoms with Crippen LogP contribution in [0.5, 0.6) is 0 Å². The molecule has 0 aromatic rings. The molecular weight excluding hydrogens is 436 g/mol. The van der Waals surface area contributed by atoms with Crippen molar-refractivity contribution in [3.8, 4) is 0 Å². The maximum atomic E-state index is 13.2. The van der Waals surface area contributed by atoms with E-state index in [9.17, 15) is 24.0 Å². The normalized spacial score (nSPS) is 19.1. The van der Waals surface area contributed by atoms with Crippen molar-refractivity contribution in [2.75, 3.05) is 13.2 Å². The number of hydrogen-bond donors (Lipinski definition) is 2. The first-order chi connectivity index (χ1) is 15.7. The molecule has 3 unspecified atom stereocenters. The van der Waals surface area contributed by atoms with Gasteiger partial charge in [0.25, 0.3) is 5.91 Å². The maximum Gasteiger partial charge on any atom is 0.306 e. The van der Waals surface area contributed by atoms with Gasteiger partial charge in [0.1, 0.15) is 0 Å². The predicted molar refractivity (Wildman–Crippen MR) is 130 cm³/mol. The van der Waals surface area contributed by atoms with Gasteiger partial charge in [0.05, 0.1) is 25.0 Å². The van der Waals surface area contributed by atoms with Crippen molar-refractivity contribution in [2.24, 2.45) is 29.1 Å². The van der Waals surface area contributed by atoms with Crippen LogP contribution in [-0.4, -0.2) is 48.5 Å². The molecule has 0 aromatic carbocycles. The van der Waals surface area contributed by atoms with Crippen LogP contribution in [-0.2, 0) is 28.7 Å². The largest absolute Gasteiger partial charge is 0.465 e. The summed E-state index contributed by atoms with van der Waals surface area (Å²) in [6.07, 6.45) is 2.26. The first-order valence-corrected chi connectivity index (χ1v) is 12.5. The highest BCUT2D eigenvalue weighted by Gasteiger charge is 2.34. The minimum absolute atomic E-state index is 0.0660. The van der Waals surface area contributed by atoms with Crippen LogP contribution in [0.4, 0.5) is 0 Å². The Morgan fingerprint density at radius 3 is 2.29 bits per heavy atom. The fourth-order valence-corrected chi connectivity index (χ4v) is 3.89. The first kappa shape index (κ1) is 29.8. The van der Waals surface area contributed by atoms with Gasteiger partial charge >= 0.3 is 5.97 Å². The summed E-state index contributed by atoms with van der Waals surface area (Å²) >= 11 is 0. The molecule has 2 N–H and O–H groups in total. The Bertz CT molecular complexity index is 738. The van der Waals surface area contributed by atoms with Crippen LogP contribution in [0.25, 0.3) is 0 Å². The van der Waals surface area contributed by atoms with Crippen molar-refractivity contribution >= 4 is 29.4 Å². The second kappa shape index (κ2) is 13.6. The number of hydrogen-bond acceptors (Lipinski definition) is 6. The van der Waals surface area contributed by atoms with Crippen molar-refractivity contribution in [1.82, 2.24) is 10.6 Å². The van der Waals surface area contributed by atoms with Crippen molar-refractivity contribution in [3.05, 3.63) is 0 Å². The van der Waals surface area contributed by atoms with E-state index in [4.69, 9.17) is 4.74 Å². The molecule has 1 rings (SSSR count). The van der Waals surface area contributed by atoms with Crippen LogP contribution in [0.2, 0.25) is 0 Å². The van der Waals surface area contributed by atoms with Gasteiger partial charge in [0, 0.05) is 18.9 Å². The highest BCUT2D eigenvalue weighted by Crippen LogP contribution is 2.22. The fraction of sp³-hybridized carbons (Fsp3) is 0.808. The second-order valence-corrected chi connectivity index (χ2v) is 11.4. The third-order valence-corrected chi connectivity index (χ3v) is 5.91. The number of carbonyl (C=O) groups is 5. The lowest BCUT2D eigenvalue weighted by Crippen LogP contribution is -2.47. The summed E-state index contributed by atoms with van der Waals surface area (Å²) in [5, 5.41) is 5.43. The number of rotatable bonds is 11. The zero-order valence-corrected chi connectivity index (χ0v) is 22.0. The highest BCUT2D eigenvalue weighted by molar-refractivity contribution is 6.37. The summed E-state index contributed by atoms with van der Waals surface area (Å²) in [6.45, 7) is 14.2. The molecule has 0 radical (unpaired) electrons. The van der Waals surface area contributed by atoms with Gasteiger partial charge in [-0.05, 0) is 36.5 Å². The smallest absolute Gasteiger partial charge is 0.306 e. The lowest BCUT2D eigenvalue weighted by atomic mass is 9.86. The standard InChI is InChI=1S/C26H44N2O6/c1-16(2)12-20(21(29)13-18-10-8-9-11-27-25(33)23(18)31)28-24(32)19(17(3)4)14-22(30)34-15-26(5,6)7/h16-20H,8-15H2,1-7H3,(H,27,33)(H,28,32). The molecule has 1 aliphatic heterocycles. The number of carbonyl (C=O) groups excluding carboxylic acids is 5. The molecule has 0 aromatic heterocycles. The summed E-state index contributed by atoms with van der Waals surface area (Å²) in [7, 11) is 0. The minimum atomic E-state index is -0.777. The Labute approximate surface area is 204 Å². The van der Waals surface area contributed by atoms with Gasteiger partial charge in [-0.1, -0.05) is 54.9 Å². The molecule has 1 saturated heterocycles. The van der Waals surface area contributed by atoms with Gasteiger partial charge in [0.2, 0.25) is 11.7 Å². The van der Waals surface area contributed by atoms with E-state index < -0.39 is 35.5 Å². The zero-order chi connectivity index (χ0) is 26.1. The second-order valence-electron chi connectivity index (χ2n) is 11.4. The van der Waals surface area contributed by atoms with Gasteiger partial charge in [-0.3, -0.25) is 24.0 Å². The number of amides is 2. The molecule has 8 nitrogen and oxygen atoms in total. The minimum Gasteiger partial charge on any atom is -0.465 e. The van der Waals surface area contributed by atoms with Crippen molar-refractivity contribution in [1.29, 1.82) is 0 Å². The van der Waals surface area contributed by atoms with Crippen LogP contribution < -0.4 is 10.6 Å². The summed E-state index contributed by atoms with van der Waals surface area (Å²) in [5.74, 6) is -3.60. The summed E-state index contributed by atoms with van der Waals surface area (Å²) in [4.78, 5) is 63.1. The lowest BCUT2D eigenvalue weighted by molar-refractivity contribution is -0.150. The average Bonchev–Trinajstić information content (AvgIpc) is 2.71. The van der Waals surface area contributed by atoms with Gasteiger partial charge < -0.3 is 15.4 Å². The van der Waals surface area contributed by atoms with Crippen molar-refractivity contribution < 1.29 is 28.7 Å². The monoisotopic (exact) mass is 480 g/mol. The predicted octanol–water partition coefficient (Wildman–Crippen LogP) is 3.21. The quantitative estimate of drug-likeness (QED) is 0.346. The Balaban J connectivity index is 2.89. The van der Waals surface area contributed by atoms with E-state index in [-0.39, 0.29) is 48.4 Å². The lowest BCUT2D eigenvalue weighted by Gasteiger charge is -2.26. The molecular formula is C26H44N2O6. The van der Waals surface area contributed by atoms with Gasteiger partial charge in [-0.2, -0.15) is 0 Å². The van der Waals surface area contributed by atoms with E-state index in [0.29, 0.717) is 19.4 Å². The fourth-order valence-electron chi connectivity index (χ4n) is 3.89. The third kappa shape index (κ3) is 10.8. The molecule has 8 heteroatoms. The summed E-state index contributed by atoms with van der Waals surface area (Å²) in [5.41, 5.74) is -0.175. The topological polar surface area (TPSA) is 119 Å². The zero-order valence-electron chi connectivity index (χ0n) is 22.0. The SMILES string of the molecule is CC(C)CC(NC(=O)C(CC(=O)OCC(C)(C)C)C(C)C)C(=O)CC1CCCCNC(=O)C1=O. The average molecular weight is 481 g/mol. The Morgan fingerprint density at radius 2 is 1.74 bits per heavy atom. The van der Waals surface area contributed by atoms with E-state index in [1.54, 1.807) is 0 Å². The van der Waals surface area contributed by atoms with E-state index >= 15 is 0 Å². The van der Waals surface area contributed by atoms with Gasteiger partial charge in [-0.15, -0.1) is 0 Å². The molecule has 0 aliphatic carbocycles. The molecule has 194 valence electrons. The molecule has 0 saturated carbocycles. The molecule has 34 heavy (non-hydrogen) atoms. The molecule has 1 heterocycles. The number of Topliss-reactive ketones (excluding diaryl/α,β-unsaturated/α-hetero) is 2. The van der Waals surface area contributed by atoms with E-state index in [1.165, 1.54) is 0 Å². The molecule has 1 fully saturated rings. The number of esters is 1. The first-order valence-electron chi connectivity index (χ1n) is 12.5. The Hall–Kier alpha value is -2.25. The van der Waals surface area contributed by atoms with Crippen LogP contribution in [0.1, 0.15) is 87.0 Å². The van der Waals surface area contributed by atoms with Crippen molar-refractivity contribution in [3.63, 3.8) is 0 Å². The molecule has 1 aliphatic rings. The molecule has 0 spiro atoms. The van der Waals surface area contributed by atoms with E-state index in [0.717, 1.165) is 12.8 Å². The van der Waals surface area contributed by atoms with Crippen LogP contribution in [0.3, 0.4) is 0 Å². The molecule has 2 amide bonds. The maximum absolute atomic E-state index is 13.2. The number of nitrogens with one attached hydrogen (secondary N) is 2.